The quantitative estimate of drug-likeness (QED) is 0.604. The maximum Gasteiger partial charge on any atom is 0.180 e. The molecule has 1 unspecified atom stereocenters. The summed E-state index contributed by atoms with van der Waals surface area (Å²) in [6.45, 7) is 9.16. The van der Waals surface area contributed by atoms with Crippen LogP contribution in [0, 0.1) is 0 Å². The summed E-state index contributed by atoms with van der Waals surface area (Å²) in [6.07, 6.45) is 2.63. The minimum atomic E-state index is -1.33. The van der Waals surface area contributed by atoms with Gasteiger partial charge in [0.1, 0.15) is 21.8 Å². The minimum absolute atomic E-state index is 0.266. The normalized spacial score (nSPS) is 21.0. The Bertz CT molecular complexity index is 710. The van der Waals surface area contributed by atoms with Crippen molar-refractivity contribution in [3.63, 3.8) is 0 Å². The summed E-state index contributed by atoms with van der Waals surface area (Å²) in [5.74, 6) is 0. The third kappa shape index (κ3) is 4.23. The molecule has 1 aliphatic carbocycles. The first-order valence-corrected chi connectivity index (χ1v) is 9.67. The Hall–Kier alpha value is -1.40. The van der Waals surface area contributed by atoms with E-state index < -0.39 is 16.1 Å². The zero-order valence-corrected chi connectivity index (χ0v) is 16.1. The van der Waals surface area contributed by atoms with E-state index in [0.717, 1.165) is 28.8 Å². The molecule has 0 saturated carbocycles. The highest BCUT2D eigenvalue weighted by atomic mass is 32.2. The predicted octanol–water partition coefficient (Wildman–Crippen LogP) is 3.96. The average molecular weight is 359 g/mol. The molecule has 134 valence electrons. The van der Waals surface area contributed by atoms with Gasteiger partial charge in [-0.3, -0.25) is 0 Å². The van der Waals surface area contributed by atoms with Crippen molar-refractivity contribution < 1.29 is 14.0 Å². The van der Waals surface area contributed by atoms with Crippen LogP contribution in [0.25, 0.3) is 0 Å². The average Bonchev–Trinajstić information content (AvgIpc) is 3.22. The third-order valence-electron chi connectivity index (χ3n) is 4.18. The van der Waals surface area contributed by atoms with E-state index in [1.54, 1.807) is 0 Å². The summed E-state index contributed by atoms with van der Waals surface area (Å²) in [7, 11) is 0. The van der Waals surface area contributed by atoms with E-state index in [1.165, 1.54) is 5.57 Å². The second-order valence-electron chi connectivity index (χ2n) is 7.33. The van der Waals surface area contributed by atoms with E-state index in [9.17, 15) is 4.55 Å². The van der Waals surface area contributed by atoms with Crippen LogP contribution in [-0.4, -0.2) is 34.5 Å². The van der Waals surface area contributed by atoms with Crippen molar-refractivity contribution in [1.29, 1.82) is 0 Å². The van der Waals surface area contributed by atoms with Crippen molar-refractivity contribution in [2.45, 2.75) is 45.2 Å². The second kappa shape index (κ2) is 7.46. The first kappa shape index (κ1) is 18.4. The van der Waals surface area contributed by atoms with Crippen molar-refractivity contribution in [1.82, 2.24) is 0 Å². The summed E-state index contributed by atoms with van der Waals surface area (Å²) in [4.78, 5) is 0. The lowest BCUT2D eigenvalue weighted by Crippen LogP contribution is -2.27. The summed E-state index contributed by atoms with van der Waals surface area (Å²) in [5, 5.41) is 0. The van der Waals surface area contributed by atoms with Crippen LogP contribution in [0.15, 0.2) is 57.5 Å². The zero-order chi connectivity index (χ0) is 18.0. The minimum Gasteiger partial charge on any atom is -0.591 e. The maximum absolute atomic E-state index is 12.7. The molecule has 0 spiro atoms. The molecule has 1 aromatic rings. The van der Waals surface area contributed by atoms with Gasteiger partial charge in [-0.2, -0.15) is 0 Å². The monoisotopic (exact) mass is 359 g/mol. The van der Waals surface area contributed by atoms with E-state index in [4.69, 9.17) is 9.47 Å². The van der Waals surface area contributed by atoms with Crippen LogP contribution in [0.4, 0.5) is 0 Å². The molecule has 1 fully saturated rings. The van der Waals surface area contributed by atoms with Crippen LogP contribution in [0.3, 0.4) is 0 Å². The highest BCUT2D eigenvalue weighted by Gasteiger charge is 2.31. The SMILES string of the molecule is CC1=C(/C(=N/[S+]([O-])C(C)(C)C)c2ccccc2)C=C(C2OCCO2)C1. The molecule has 1 atom stereocenters. The highest BCUT2D eigenvalue weighted by Crippen LogP contribution is 2.33. The van der Waals surface area contributed by atoms with Gasteiger partial charge in [-0.25, -0.2) is 0 Å². The van der Waals surface area contributed by atoms with Crippen LogP contribution >= 0.6 is 0 Å². The molecule has 0 bridgehead atoms. The topological polar surface area (TPSA) is 53.9 Å². The fourth-order valence-corrected chi connectivity index (χ4v) is 3.47. The Morgan fingerprint density at radius 3 is 2.40 bits per heavy atom. The van der Waals surface area contributed by atoms with Gasteiger partial charge in [0.05, 0.1) is 13.2 Å². The fourth-order valence-electron chi connectivity index (χ4n) is 2.83. The van der Waals surface area contributed by atoms with Gasteiger partial charge >= 0.3 is 0 Å². The number of hydrogen-bond donors (Lipinski definition) is 0. The Labute approximate surface area is 153 Å². The Morgan fingerprint density at radius 2 is 1.80 bits per heavy atom. The number of ether oxygens (including phenoxy) is 2. The number of hydrogen-bond acceptors (Lipinski definition) is 4. The molecule has 1 aliphatic heterocycles. The molecule has 25 heavy (non-hydrogen) atoms. The maximum atomic E-state index is 12.7. The Balaban J connectivity index is 1.99. The molecule has 1 saturated heterocycles. The van der Waals surface area contributed by atoms with E-state index in [1.807, 2.05) is 51.1 Å². The molecule has 3 rings (SSSR count). The largest absolute Gasteiger partial charge is 0.591 e. The predicted molar refractivity (Wildman–Crippen MR) is 102 cm³/mol. The standard InChI is InChI=1S/C20H25NO3S/c1-14-12-16(19-23-10-11-24-19)13-17(14)18(15-8-6-5-7-9-15)21-25(22)20(2,3)4/h5-9,13,19H,10-12H2,1-4H3/b21-18+. The number of benzene rings is 1. The second-order valence-corrected chi connectivity index (χ2v) is 9.24. The zero-order valence-electron chi connectivity index (χ0n) is 15.2. The van der Waals surface area contributed by atoms with E-state index >= 15 is 0 Å². The fraction of sp³-hybridized carbons (Fsp3) is 0.450. The van der Waals surface area contributed by atoms with Crippen molar-refractivity contribution in [3.8, 4) is 0 Å². The molecule has 0 aromatic heterocycles. The lowest BCUT2D eigenvalue weighted by molar-refractivity contribution is -0.0122. The summed E-state index contributed by atoms with van der Waals surface area (Å²) in [5.41, 5.74) is 5.08. The number of nitrogens with zero attached hydrogens (tertiary/aromatic N) is 1. The van der Waals surface area contributed by atoms with Crippen LogP contribution < -0.4 is 0 Å². The molecular formula is C20H25NO3S. The van der Waals surface area contributed by atoms with Crippen molar-refractivity contribution >= 4 is 17.1 Å². The van der Waals surface area contributed by atoms with E-state index in [0.29, 0.717) is 13.2 Å². The van der Waals surface area contributed by atoms with Crippen LogP contribution in [-0.2, 0) is 20.8 Å². The number of allylic oxidation sites excluding steroid dienone is 3. The summed E-state index contributed by atoms with van der Waals surface area (Å²) < 4.78 is 28.2. The van der Waals surface area contributed by atoms with E-state index in [-0.39, 0.29) is 6.29 Å². The lowest BCUT2D eigenvalue weighted by atomic mass is 10.0. The molecule has 0 radical (unpaired) electrons. The molecule has 0 amide bonds. The van der Waals surface area contributed by atoms with Gasteiger partial charge in [0.2, 0.25) is 0 Å². The highest BCUT2D eigenvalue weighted by molar-refractivity contribution is 7.91. The van der Waals surface area contributed by atoms with Gasteiger partial charge in [-0.1, -0.05) is 40.3 Å². The smallest absolute Gasteiger partial charge is 0.180 e. The molecular weight excluding hydrogens is 334 g/mol. The first-order valence-electron chi connectivity index (χ1n) is 8.56. The lowest BCUT2D eigenvalue weighted by Gasteiger charge is -2.20. The molecule has 2 aliphatic rings. The van der Waals surface area contributed by atoms with Gasteiger partial charge in [0.25, 0.3) is 0 Å². The summed E-state index contributed by atoms with van der Waals surface area (Å²) in [6, 6.07) is 9.94. The van der Waals surface area contributed by atoms with Gasteiger partial charge in [0, 0.05) is 11.1 Å². The van der Waals surface area contributed by atoms with Crippen LogP contribution in [0.1, 0.15) is 39.7 Å². The van der Waals surface area contributed by atoms with Gasteiger partial charge in [0.15, 0.2) is 6.29 Å². The number of rotatable bonds is 4. The molecule has 1 heterocycles. The molecule has 5 heteroatoms. The van der Waals surface area contributed by atoms with Crippen LogP contribution in [0.5, 0.6) is 0 Å². The van der Waals surface area contributed by atoms with Gasteiger partial charge in [-0.05, 0) is 45.8 Å². The Morgan fingerprint density at radius 1 is 1.16 bits per heavy atom. The summed E-state index contributed by atoms with van der Waals surface area (Å²) >= 11 is -1.33. The molecule has 4 nitrogen and oxygen atoms in total. The van der Waals surface area contributed by atoms with Crippen molar-refractivity contribution in [3.05, 3.63) is 58.7 Å². The Kier molecular flexibility index (Phi) is 5.49. The van der Waals surface area contributed by atoms with Crippen molar-refractivity contribution in [2.24, 2.45) is 4.40 Å². The van der Waals surface area contributed by atoms with E-state index in [2.05, 4.69) is 17.4 Å². The van der Waals surface area contributed by atoms with Crippen molar-refractivity contribution in [2.75, 3.05) is 13.2 Å². The van der Waals surface area contributed by atoms with Gasteiger partial charge in [-0.15, -0.1) is 0 Å². The van der Waals surface area contributed by atoms with Crippen LogP contribution in [0.2, 0.25) is 0 Å². The first-order chi connectivity index (χ1) is 11.9. The molecule has 1 aromatic carbocycles. The third-order valence-corrected chi connectivity index (χ3v) is 5.58. The van der Waals surface area contributed by atoms with Gasteiger partial charge < -0.3 is 14.0 Å². The molecule has 0 N–H and O–H groups in total.